The smallest absolute Gasteiger partial charge is 0.142 e. The van der Waals surface area contributed by atoms with Crippen LogP contribution in [0.3, 0.4) is 0 Å². The molecule has 22 heavy (non-hydrogen) atoms. The van der Waals surface area contributed by atoms with Crippen molar-refractivity contribution in [2.75, 3.05) is 0 Å². The molecule has 0 aliphatic heterocycles. The lowest BCUT2D eigenvalue weighted by Gasteiger charge is -2.10. The van der Waals surface area contributed by atoms with E-state index in [9.17, 15) is 0 Å². The Balaban J connectivity index is 2.05. The first kappa shape index (κ1) is 13.4. The van der Waals surface area contributed by atoms with Gasteiger partial charge in [0, 0.05) is 22.9 Å². The van der Waals surface area contributed by atoms with Crippen molar-refractivity contribution in [2.45, 2.75) is 33.1 Å². The number of aryl methyl sites for hydroxylation is 3. The van der Waals surface area contributed by atoms with Crippen molar-refractivity contribution in [3.8, 4) is 11.1 Å². The van der Waals surface area contributed by atoms with E-state index in [0.29, 0.717) is 0 Å². The van der Waals surface area contributed by atoms with Crippen LogP contribution in [0, 0.1) is 13.8 Å². The third-order valence-corrected chi connectivity index (χ3v) is 4.69. The van der Waals surface area contributed by atoms with Gasteiger partial charge in [-0.05, 0) is 43.4 Å². The zero-order chi connectivity index (χ0) is 15.1. The molecule has 0 fully saturated rings. The minimum atomic E-state index is 0.985. The van der Waals surface area contributed by atoms with Crippen molar-refractivity contribution in [3.63, 3.8) is 0 Å². The van der Waals surface area contributed by atoms with Gasteiger partial charge in [0.15, 0.2) is 0 Å². The van der Waals surface area contributed by atoms with Crippen LogP contribution < -0.4 is 0 Å². The van der Waals surface area contributed by atoms with Crippen molar-refractivity contribution in [3.05, 3.63) is 71.0 Å². The maximum absolute atomic E-state index is 6.35. The molecular formula is C21H20O. The molecule has 1 aliphatic carbocycles. The summed E-state index contributed by atoms with van der Waals surface area (Å²) in [5.74, 6) is 1.17. The van der Waals surface area contributed by atoms with E-state index in [0.717, 1.165) is 24.8 Å². The molecule has 2 aromatic carbocycles. The van der Waals surface area contributed by atoms with Crippen LogP contribution in [0.25, 0.3) is 22.1 Å². The van der Waals surface area contributed by atoms with Crippen LogP contribution >= 0.6 is 0 Å². The fraction of sp³-hybridized carbons (Fsp3) is 0.238. The fourth-order valence-corrected chi connectivity index (χ4v) is 3.51. The molecule has 1 aromatic heterocycles. The number of benzene rings is 2. The van der Waals surface area contributed by atoms with Gasteiger partial charge >= 0.3 is 0 Å². The topological polar surface area (TPSA) is 13.1 Å². The molecule has 4 rings (SSSR count). The van der Waals surface area contributed by atoms with Crippen molar-refractivity contribution in [1.82, 2.24) is 0 Å². The lowest BCUT2D eigenvalue weighted by molar-refractivity contribution is 0.547. The lowest BCUT2D eigenvalue weighted by Crippen LogP contribution is -1.88. The Morgan fingerprint density at radius 2 is 1.77 bits per heavy atom. The minimum absolute atomic E-state index is 0.985. The summed E-state index contributed by atoms with van der Waals surface area (Å²) in [5, 5.41) is 1.28. The summed E-state index contributed by atoms with van der Waals surface area (Å²) in [4.78, 5) is 0. The molecule has 1 aliphatic rings. The molecule has 1 heterocycles. The molecule has 1 heteroatoms. The summed E-state index contributed by atoms with van der Waals surface area (Å²) in [5.41, 5.74) is 7.55. The highest BCUT2D eigenvalue weighted by atomic mass is 16.3. The van der Waals surface area contributed by atoms with E-state index in [1.165, 1.54) is 39.0 Å². The van der Waals surface area contributed by atoms with E-state index in [2.05, 4.69) is 62.4 Å². The number of furan rings is 1. The highest BCUT2D eigenvalue weighted by molar-refractivity contribution is 5.97. The molecule has 110 valence electrons. The minimum Gasteiger partial charge on any atom is -0.460 e. The molecule has 0 bridgehead atoms. The van der Waals surface area contributed by atoms with Gasteiger partial charge in [-0.25, -0.2) is 0 Å². The first-order valence-corrected chi connectivity index (χ1v) is 8.00. The summed E-state index contributed by atoms with van der Waals surface area (Å²) >= 11 is 0. The van der Waals surface area contributed by atoms with Crippen LogP contribution in [-0.4, -0.2) is 0 Å². The van der Waals surface area contributed by atoms with Gasteiger partial charge in [-0.2, -0.15) is 0 Å². The summed E-state index contributed by atoms with van der Waals surface area (Å²) in [6, 6.07) is 13.0. The van der Waals surface area contributed by atoms with E-state index in [4.69, 9.17) is 4.42 Å². The first-order valence-electron chi connectivity index (χ1n) is 8.00. The average molecular weight is 288 g/mol. The quantitative estimate of drug-likeness (QED) is 0.519. The maximum Gasteiger partial charge on any atom is 0.142 e. The molecular weight excluding hydrogens is 268 g/mol. The fourth-order valence-electron chi connectivity index (χ4n) is 3.51. The SMILES string of the molecule is Cc1ccccc1-c1c(C)ccc2c3c(oc12)CCC=CC3. The molecule has 0 saturated carbocycles. The summed E-state index contributed by atoms with van der Waals surface area (Å²) < 4.78 is 6.35. The second kappa shape index (κ2) is 5.17. The molecule has 0 N–H and O–H groups in total. The molecule has 3 aromatic rings. The average Bonchev–Trinajstić information content (AvgIpc) is 2.70. The van der Waals surface area contributed by atoms with Gasteiger partial charge in [-0.3, -0.25) is 0 Å². The van der Waals surface area contributed by atoms with Gasteiger partial charge in [0.1, 0.15) is 11.3 Å². The largest absolute Gasteiger partial charge is 0.460 e. The van der Waals surface area contributed by atoms with Crippen LogP contribution in [0.5, 0.6) is 0 Å². The number of hydrogen-bond acceptors (Lipinski definition) is 1. The van der Waals surface area contributed by atoms with Crippen molar-refractivity contribution in [2.24, 2.45) is 0 Å². The number of hydrogen-bond donors (Lipinski definition) is 0. The van der Waals surface area contributed by atoms with Gasteiger partial charge in [0.25, 0.3) is 0 Å². The third kappa shape index (κ3) is 2.00. The number of rotatable bonds is 1. The van der Waals surface area contributed by atoms with E-state index in [1.54, 1.807) is 0 Å². The van der Waals surface area contributed by atoms with E-state index >= 15 is 0 Å². The van der Waals surface area contributed by atoms with Crippen LogP contribution in [0.1, 0.15) is 28.9 Å². The Morgan fingerprint density at radius 3 is 2.64 bits per heavy atom. The number of allylic oxidation sites excluding steroid dienone is 2. The Morgan fingerprint density at radius 1 is 0.909 bits per heavy atom. The molecule has 0 amide bonds. The predicted octanol–water partition coefficient (Wildman–Crippen LogP) is 5.76. The molecule has 0 atom stereocenters. The van der Waals surface area contributed by atoms with Crippen LogP contribution in [0.4, 0.5) is 0 Å². The van der Waals surface area contributed by atoms with Crippen molar-refractivity contribution >= 4 is 11.0 Å². The predicted molar refractivity (Wildman–Crippen MR) is 92.3 cm³/mol. The van der Waals surface area contributed by atoms with Gasteiger partial charge < -0.3 is 4.42 Å². The normalized spacial score (nSPS) is 14.1. The molecule has 1 nitrogen and oxygen atoms in total. The van der Waals surface area contributed by atoms with E-state index < -0.39 is 0 Å². The molecule has 0 spiro atoms. The molecule has 0 unspecified atom stereocenters. The van der Waals surface area contributed by atoms with Gasteiger partial charge in [-0.1, -0.05) is 48.6 Å². The van der Waals surface area contributed by atoms with Crippen LogP contribution in [0.15, 0.2) is 53.0 Å². The van der Waals surface area contributed by atoms with E-state index in [1.807, 2.05) is 0 Å². The Bertz CT molecular complexity index is 880. The van der Waals surface area contributed by atoms with Crippen LogP contribution in [-0.2, 0) is 12.8 Å². The summed E-state index contributed by atoms with van der Waals surface area (Å²) in [7, 11) is 0. The maximum atomic E-state index is 6.35. The second-order valence-electron chi connectivity index (χ2n) is 6.17. The summed E-state index contributed by atoms with van der Waals surface area (Å²) in [6.07, 6.45) is 7.60. The Labute approximate surface area is 131 Å². The highest BCUT2D eigenvalue weighted by Crippen LogP contribution is 2.38. The third-order valence-electron chi connectivity index (χ3n) is 4.69. The van der Waals surface area contributed by atoms with Gasteiger partial charge in [0.2, 0.25) is 0 Å². The van der Waals surface area contributed by atoms with Crippen LogP contribution in [0.2, 0.25) is 0 Å². The van der Waals surface area contributed by atoms with Gasteiger partial charge in [0.05, 0.1) is 0 Å². The second-order valence-corrected chi connectivity index (χ2v) is 6.17. The van der Waals surface area contributed by atoms with Crippen molar-refractivity contribution < 1.29 is 4.42 Å². The molecule has 0 radical (unpaired) electrons. The molecule has 0 saturated heterocycles. The monoisotopic (exact) mass is 288 g/mol. The Hall–Kier alpha value is -2.28. The lowest BCUT2D eigenvalue weighted by atomic mass is 9.94. The Kier molecular flexibility index (Phi) is 3.15. The highest BCUT2D eigenvalue weighted by Gasteiger charge is 2.19. The zero-order valence-corrected chi connectivity index (χ0v) is 13.1. The zero-order valence-electron chi connectivity index (χ0n) is 13.1. The first-order chi connectivity index (χ1) is 10.8. The summed E-state index contributed by atoms with van der Waals surface area (Å²) in [6.45, 7) is 4.35. The van der Waals surface area contributed by atoms with Crippen molar-refractivity contribution in [1.29, 1.82) is 0 Å². The van der Waals surface area contributed by atoms with E-state index in [-0.39, 0.29) is 0 Å². The number of fused-ring (bicyclic) bond motifs is 3. The standard InChI is InChI=1S/C21H20O/c1-14-8-6-7-9-16(14)20-15(2)12-13-18-17-10-4-3-5-11-19(17)22-21(18)20/h3-4,6-9,12-13H,5,10-11H2,1-2H3. The van der Waals surface area contributed by atoms with Gasteiger partial charge in [-0.15, -0.1) is 0 Å².